The molecule has 4 nitrogen and oxygen atoms in total. The van der Waals surface area contributed by atoms with E-state index in [0.29, 0.717) is 17.3 Å². The van der Waals surface area contributed by atoms with Crippen LogP contribution in [0.1, 0.15) is 17.5 Å². The van der Waals surface area contributed by atoms with Crippen LogP contribution in [0.5, 0.6) is 0 Å². The first-order valence-electron chi connectivity index (χ1n) is 7.46. The number of rotatable bonds is 4. The molecule has 2 aromatic carbocycles. The fraction of sp³-hybridized carbons (Fsp3) is 0.222. The van der Waals surface area contributed by atoms with Crippen molar-refractivity contribution in [1.82, 2.24) is 5.32 Å². The number of amides is 2. The highest BCUT2D eigenvalue weighted by Gasteiger charge is 2.39. The van der Waals surface area contributed by atoms with Crippen molar-refractivity contribution in [2.24, 2.45) is 0 Å². The Labute approximate surface area is 140 Å². The minimum atomic E-state index is -0.487. The number of nitrogens with zero attached hydrogens (tertiary/aromatic N) is 1. The lowest BCUT2D eigenvalue weighted by Gasteiger charge is -2.16. The van der Waals surface area contributed by atoms with Gasteiger partial charge in [0.25, 0.3) is 5.91 Å². The van der Waals surface area contributed by atoms with Gasteiger partial charge in [-0.1, -0.05) is 41.4 Å². The van der Waals surface area contributed by atoms with Crippen molar-refractivity contribution >= 4 is 29.1 Å². The van der Waals surface area contributed by atoms with Crippen LogP contribution in [0.15, 0.2) is 48.5 Å². The summed E-state index contributed by atoms with van der Waals surface area (Å²) in [4.78, 5) is 25.9. The zero-order valence-corrected chi connectivity index (χ0v) is 13.5. The van der Waals surface area contributed by atoms with E-state index in [2.05, 4.69) is 5.32 Å². The summed E-state index contributed by atoms with van der Waals surface area (Å²) in [6.07, 6.45) is 0.181. The molecule has 2 aromatic rings. The zero-order chi connectivity index (χ0) is 16.4. The summed E-state index contributed by atoms with van der Waals surface area (Å²) in [6, 6.07) is 14.3. The number of carbonyl (C=O) groups is 2. The standard InChI is InChI=1S/C18H17ClN2O2/c1-12-2-8-15(9-3-12)21-17(22)10-16(18(21)23)20-11-13-4-6-14(19)7-5-13/h2-9,16,20H,10-11H2,1H3/t16-/m1/s1. The molecule has 2 amide bonds. The monoisotopic (exact) mass is 328 g/mol. The van der Waals surface area contributed by atoms with Crippen LogP contribution in [0.25, 0.3) is 0 Å². The summed E-state index contributed by atoms with van der Waals surface area (Å²) >= 11 is 5.85. The number of hydrogen-bond donors (Lipinski definition) is 1. The van der Waals surface area contributed by atoms with Gasteiger partial charge in [0.15, 0.2) is 0 Å². The maximum atomic E-state index is 12.5. The molecule has 0 unspecified atom stereocenters. The van der Waals surface area contributed by atoms with Crippen LogP contribution in [-0.4, -0.2) is 17.9 Å². The molecular weight excluding hydrogens is 312 g/mol. The molecule has 1 atom stereocenters. The van der Waals surface area contributed by atoms with Crippen molar-refractivity contribution in [2.75, 3.05) is 4.90 Å². The summed E-state index contributed by atoms with van der Waals surface area (Å²) in [5, 5.41) is 3.83. The lowest BCUT2D eigenvalue weighted by molar-refractivity contribution is -0.121. The molecule has 5 heteroatoms. The van der Waals surface area contributed by atoms with E-state index in [1.807, 2.05) is 31.2 Å². The predicted molar refractivity (Wildman–Crippen MR) is 90.4 cm³/mol. The summed E-state index contributed by atoms with van der Waals surface area (Å²) in [7, 11) is 0. The van der Waals surface area contributed by atoms with E-state index >= 15 is 0 Å². The van der Waals surface area contributed by atoms with Gasteiger partial charge in [-0.05, 0) is 36.8 Å². The summed E-state index contributed by atoms with van der Waals surface area (Å²) in [5.74, 6) is -0.375. The van der Waals surface area contributed by atoms with Crippen LogP contribution in [0.3, 0.4) is 0 Å². The number of anilines is 1. The molecule has 0 aromatic heterocycles. The normalized spacial score (nSPS) is 17.8. The van der Waals surface area contributed by atoms with Gasteiger partial charge in [-0.3, -0.25) is 9.59 Å². The molecule has 0 spiro atoms. The average molecular weight is 329 g/mol. The van der Waals surface area contributed by atoms with Crippen molar-refractivity contribution in [3.63, 3.8) is 0 Å². The van der Waals surface area contributed by atoms with Crippen LogP contribution in [0.4, 0.5) is 5.69 Å². The van der Waals surface area contributed by atoms with Crippen LogP contribution >= 0.6 is 11.6 Å². The fourth-order valence-electron chi connectivity index (χ4n) is 2.60. The molecule has 0 aliphatic carbocycles. The number of hydrogen-bond acceptors (Lipinski definition) is 3. The van der Waals surface area contributed by atoms with E-state index in [-0.39, 0.29) is 18.2 Å². The minimum Gasteiger partial charge on any atom is -0.301 e. The Bertz CT molecular complexity index is 726. The third-order valence-electron chi connectivity index (χ3n) is 3.90. The van der Waals surface area contributed by atoms with Gasteiger partial charge in [0, 0.05) is 11.6 Å². The van der Waals surface area contributed by atoms with Crippen molar-refractivity contribution < 1.29 is 9.59 Å². The third kappa shape index (κ3) is 3.44. The summed E-state index contributed by atoms with van der Waals surface area (Å²) in [6.45, 7) is 2.48. The number of halogens is 1. The number of aryl methyl sites for hydroxylation is 1. The molecule has 1 N–H and O–H groups in total. The quantitative estimate of drug-likeness (QED) is 0.877. The Morgan fingerprint density at radius 2 is 1.74 bits per heavy atom. The van der Waals surface area contributed by atoms with Gasteiger partial charge in [-0.2, -0.15) is 0 Å². The molecule has 1 aliphatic heterocycles. The first-order valence-corrected chi connectivity index (χ1v) is 7.84. The topological polar surface area (TPSA) is 49.4 Å². The molecule has 0 radical (unpaired) electrons. The number of benzene rings is 2. The molecule has 118 valence electrons. The van der Waals surface area contributed by atoms with E-state index in [1.165, 1.54) is 4.90 Å². The molecule has 1 heterocycles. The van der Waals surface area contributed by atoms with Gasteiger partial charge in [-0.15, -0.1) is 0 Å². The number of nitrogens with one attached hydrogen (secondary N) is 1. The van der Waals surface area contributed by atoms with Crippen LogP contribution in [-0.2, 0) is 16.1 Å². The third-order valence-corrected chi connectivity index (χ3v) is 4.16. The first-order chi connectivity index (χ1) is 11.0. The van der Waals surface area contributed by atoms with Gasteiger partial charge >= 0.3 is 0 Å². The predicted octanol–water partition coefficient (Wildman–Crippen LogP) is 3.07. The Morgan fingerprint density at radius 3 is 2.39 bits per heavy atom. The molecule has 0 saturated carbocycles. The van der Waals surface area contributed by atoms with Crippen LogP contribution in [0, 0.1) is 6.92 Å². The van der Waals surface area contributed by atoms with Crippen LogP contribution < -0.4 is 10.2 Å². The van der Waals surface area contributed by atoms with E-state index in [4.69, 9.17) is 11.6 Å². The Hall–Kier alpha value is -2.17. The van der Waals surface area contributed by atoms with Crippen molar-refractivity contribution in [2.45, 2.75) is 25.9 Å². The highest BCUT2D eigenvalue weighted by atomic mass is 35.5. The first kappa shape index (κ1) is 15.7. The van der Waals surface area contributed by atoms with E-state index < -0.39 is 6.04 Å². The maximum Gasteiger partial charge on any atom is 0.251 e. The Kier molecular flexibility index (Phi) is 4.46. The second kappa shape index (κ2) is 6.52. The van der Waals surface area contributed by atoms with Crippen molar-refractivity contribution in [3.05, 3.63) is 64.7 Å². The molecule has 1 saturated heterocycles. The fourth-order valence-corrected chi connectivity index (χ4v) is 2.73. The van der Waals surface area contributed by atoms with Crippen molar-refractivity contribution in [3.8, 4) is 0 Å². The maximum absolute atomic E-state index is 12.5. The molecule has 23 heavy (non-hydrogen) atoms. The zero-order valence-electron chi connectivity index (χ0n) is 12.8. The van der Waals surface area contributed by atoms with E-state index in [1.54, 1.807) is 24.3 Å². The van der Waals surface area contributed by atoms with Gasteiger partial charge < -0.3 is 5.32 Å². The highest BCUT2D eigenvalue weighted by Crippen LogP contribution is 2.23. The Morgan fingerprint density at radius 1 is 1.09 bits per heavy atom. The lowest BCUT2D eigenvalue weighted by Crippen LogP contribution is -2.38. The average Bonchev–Trinajstić information content (AvgIpc) is 2.82. The minimum absolute atomic E-state index is 0.174. The van der Waals surface area contributed by atoms with E-state index in [9.17, 15) is 9.59 Å². The van der Waals surface area contributed by atoms with Gasteiger partial charge in [-0.25, -0.2) is 4.90 Å². The van der Waals surface area contributed by atoms with Gasteiger partial charge in [0.05, 0.1) is 18.2 Å². The summed E-state index contributed by atoms with van der Waals surface area (Å²) in [5.41, 5.74) is 2.73. The molecular formula is C18H17ClN2O2. The smallest absolute Gasteiger partial charge is 0.251 e. The second-order valence-electron chi connectivity index (χ2n) is 5.67. The SMILES string of the molecule is Cc1ccc(N2C(=O)C[C@@H](NCc3ccc(Cl)cc3)C2=O)cc1. The second-order valence-corrected chi connectivity index (χ2v) is 6.10. The number of carbonyl (C=O) groups excluding carboxylic acids is 2. The molecule has 3 rings (SSSR count). The van der Waals surface area contributed by atoms with Crippen molar-refractivity contribution in [1.29, 1.82) is 0 Å². The van der Waals surface area contributed by atoms with E-state index in [0.717, 1.165) is 11.1 Å². The number of imide groups is 1. The van der Waals surface area contributed by atoms with Gasteiger partial charge in [0.1, 0.15) is 0 Å². The molecule has 1 aliphatic rings. The summed E-state index contributed by atoms with van der Waals surface area (Å²) < 4.78 is 0. The van der Waals surface area contributed by atoms with Gasteiger partial charge in [0.2, 0.25) is 5.91 Å². The lowest BCUT2D eigenvalue weighted by atomic mass is 10.2. The van der Waals surface area contributed by atoms with Crippen LogP contribution in [0.2, 0.25) is 5.02 Å². The largest absolute Gasteiger partial charge is 0.301 e. The molecule has 1 fully saturated rings. The molecule has 0 bridgehead atoms. The Balaban J connectivity index is 1.68. The highest BCUT2D eigenvalue weighted by molar-refractivity contribution is 6.30.